The summed E-state index contributed by atoms with van der Waals surface area (Å²) in [5.74, 6) is 0.217. The van der Waals surface area contributed by atoms with Crippen LogP contribution in [-0.4, -0.2) is 56.9 Å². The summed E-state index contributed by atoms with van der Waals surface area (Å²) in [7, 11) is -0.351. The number of esters is 1. The predicted molar refractivity (Wildman–Crippen MR) is 146 cm³/mol. The highest BCUT2D eigenvalue weighted by Crippen LogP contribution is 2.52. The average Bonchev–Trinajstić information content (AvgIpc) is 3.34. The Morgan fingerprint density at radius 3 is 2.53 bits per heavy atom. The van der Waals surface area contributed by atoms with Crippen LogP contribution in [0.4, 0.5) is 10.7 Å². The number of halogens is 1. The van der Waals surface area contributed by atoms with Crippen molar-refractivity contribution in [3.63, 3.8) is 0 Å². The molecule has 1 aromatic heterocycles. The summed E-state index contributed by atoms with van der Waals surface area (Å²) in [6.45, 7) is 3.75. The van der Waals surface area contributed by atoms with Gasteiger partial charge in [0.2, 0.25) is 0 Å². The molecule has 2 aromatic carbocycles. The van der Waals surface area contributed by atoms with Gasteiger partial charge in [-0.25, -0.2) is 14.8 Å². The van der Waals surface area contributed by atoms with Crippen molar-refractivity contribution in [1.82, 2.24) is 4.67 Å². The van der Waals surface area contributed by atoms with Gasteiger partial charge in [0.05, 0.1) is 32.9 Å². The number of morpholine rings is 1. The van der Waals surface area contributed by atoms with Crippen LogP contribution in [0.25, 0.3) is 0 Å². The molecule has 0 spiro atoms. The fourth-order valence-electron chi connectivity index (χ4n) is 3.85. The van der Waals surface area contributed by atoms with Crippen LogP contribution < -0.4 is 20.7 Å². The quantitative estimate of drug-likeness (QED) is 0.181. The van der Waals surface area contributed by atoms with Gasteiger partial charge < -0.3 is 14.6 Å². The Hall–Kier alpha value is -2.68. The lowest BCUT2D eigenvalue weighted by atomic mass is 10.2. The van der Waals surface area contributed by atoms with Crippen molar-refractivity contribution < 1.29 is 23.8 Å². The Labute approximate surface area is 219 Å². The normalized spacial score (nSPS) is 16.3. The van der Waals surface area contributed by atoms with Crippen molar-refractivity contribution in [3.8, 4) is 0 Å². The zero-order valence-electron chi connectivity index (χ0n) is 20.3. The van der Waals surface area contributed by atoms with Gasteiger partial charge in [0.1, 0.15) is 10.2 Å². The van der Waals surface area contributed by atoms with Crippen LogP contribution >= 0.6 is 30.4 Å². The van der Waals surface area contributed by atoms with E-state index < -0.39 is 13.4 Å². The Balaban J connectivity index is 1.83. The van der Waals surface area contributed by atoms with Crippen LogP contribution in [0.1, 0.15) is 20.8 Å². The summed E-state index contributed by atoms with van der Waals surface area (Å²) in [6, 6.07) is 16.9. The average molecular weight is 548 g/mol. The maximum absolute atomic E-state index is 15.0. The van der Waals surface area contributed by atoms with E-state index in [0.29, 0.717) is 58.0 Å². The van der Waals surface area contributed by atoms with Crippen molar-refractivity contribution in [3.05, 3.63) is 75.6 Å². The smallest absolute Gasteiger partial charge is 0.348 e. The molecule has 1 saturated heterocycles. The maximum atomic E-state index is 15.0. The number of thiophene rings is 1. The largest absolute Gasteiger partial charge is 0.465 e. The Kier molecular flexibility index (Phi) is 8.49. The van der Waals surface area contributed by atoms with Gasteiger partial charge in [0, 0.05) is 23.8 Å². The summed E-state index contributed by atoms with van der Waals surface area (Å²) in [5.41, 5.74) is 2.46. The van der Waals surface area contributed by atoms with E-state index in [-0.39, 0.29) is 0 Å². The molecular formula is C25H29ClN4O4PS+. The minimum Gasteiger partial charge on any atom is -0.465 e. The van der Waals surface area contributed by atoms with Gasteiger partial charge in [-0.1, -0.05) is 47.2 Å². The molecule has 190 valence electrons. The van der Waals surface area contributed by atoms with E-state index in [4.69, 9.17) is 21.1 Å². The van der Waals surface area contributed by atoms with E-state index in [1.165, 1.54) is 18.4 Å². The third kappa shape index (κ3) is 5.66. The molecule has 2 heterocycles. The highest BCUT2D eigenvalue weighted by atomic mass is 35.5. The monoisotopic (exact) mass is 547 g/mol. The van der Waals surface area contributed by atoms with Crippen LogP contribution in [-0.2, 0) is 14.0 Å². The van der Waals surface area contributed by atoms with Gasteiger partial charge >= 0.3 is 5.97 Å². The van der Waals surface area contributed by atoms with E-state index in [1.54, 1.807) is 19.2 Å². The predicted octanol–water partition coefficient (Wildman–Crippen LogP) is 3.33. The fraction of sp³-hybridized carbons (Fsp3) is 0.280. The van der Waals surface area contributed by atoms with Crippen LogP contribution in [0.2, 0.25) is 5.02 Å². The number of carbonyl (C=O) groups is 1. The Morgan fingerprint density at radius 1 is 1.17 bits per heavy atom. The third-order valence-electron chi connectivity index (χ3n) is 5.81. The molecule has 11 heteroatoms. The molecule has 4 rings (SSSR count). The fourth-order valence-corrected chi connectivity index (χ4v) is 7.92. The van der Waals surface area contributed by atoms with Gasteiger partial charge in [0.15, 0.2) is 5.00 Å². The lowest BCUT2D eigenvalue weighted by molar-refractivity contribution is -0.419. The zero-order chi connectivity index (χ0) is 25.7. The van der Waals surface area contributed by atoms with Crippen LogP contribution in [0.5, 0.6) is 0 Å². The van der Waals surface area contributed by atoms with E-state index in [1.807, 2.05) is 54.1 Å². The second kappa shape index (κ2) is 11.6. The molecule has 0 saturated carbocycles. The molecule has 1 aliphatic heterocycles. The molecule has 3 N–H and O–H groups in total. The van der Waals surface area contributed by atoms with Crippen molar-refractivity contribution in [1.29, 1.82) is 0 Å². The summed E-state index contributed by atoms with van der Waals surface area (Å²) in [5, 5.41) is 8.29. The molecule has 1 aliphatic rings. The summed E-state index contributed by atoms with van der Waals surface area (Å²) in [6.07, 6.45) is 0. The molecule has 1 fully saturated rings. The minimum atomic E-state index is -3.49. The van der Waals surface area contributed by atoms with E-state index in [2.05, 4.69) is 15.4 Å². The van der Waals surface area contributed by atoms with Gasteiger partial charge in [-0.15, -0.1) is 0 Å². The van der Waals surface area contributed by atoms with Crippen molar-refractivity contribution in [2.24, 2.45) is 0 Å². The molecule has 8 nitrogen and oxygen atoms in total. The standard InChI is InChI=1S/C25H28ClN4O4PS/c1-17-9-10-19(15-20(17)26)29-35(32,30-11-13-34-14-12-30)21-16-22(25(31)33-3)36-24(21)28-23(27-2)18-7-5-4-6-8-18/h4-10,15-16H,11-14H2,1-3H3,(H,27,28)(H,29,32)/p+1/t35-/m1/s1. The zero-order valence-corrected chi connectivity index (χ0v) is 22.8. The molecule has 0 amide bonds. The highest BCUT2D eigenvalue weighted by molar-refractivity contribution is 7.71. The van der Waals surface area contributed by atoms with Crippen LogP contribution in [0, 0.1) is 6.92 Å². The van der Waals surface area contributed by atoms with Gasteiger partial charge in [-0.3, -0.25) is 9.56 Å². The topological polar surface area (TPSA) is 93.9 Å². The summed E-state index contributed by atoms with van der Waals surface area (Å²) in [4.78, 5) is 16.0. The second-order valence-corrected chi connectivity index (χ2v) is 12.0. The lowest BCUT2D eigenvalue weighted by Gasteiger charge is -2.35. The number of nitrogens with zero attached hydrogens (tertiary/aromatic N) is 1. The van der Waals surface area contributed by atoms with Gasteiger partial charge in [0.25, 0.3) is 13.3 Å². The molecule has 0 radical (unpaired) electrons. The first-order valence-corrected chi connectivity index (χ1v) is 14.3. The SMILES string of the molecule is C[NH+]=C(Nc1sc(C(=O)OC)cc1[P@@](=O)(Nc1ccc(C)c(Cl)c1)N1CCOCC1)c1ccccc1. The molecule has 0 unspecified atom stereocenters. The van der Waals surface area contributed by atoms with Crippen molar-refractivity contribution >= 4 is 58.2 Å². The summed E-state index contributed by atoms with van der Waals surface area (Å²) < 4.78 is 27.4. The van der Waals surface area contributed by atoms with E-state index in [0.717, 1.165) is 11.1 Å². The molecule has 3 aromatic rings. The number of hydrogen-bond donors (Lipinski definition) is 3. The number of amidine groups is 1. The molecule has 1 atom stereocenters. The van der Waals surface area contributed by atoms with Gasteiger partial charge in [-0.2, -0.15) is 0 Å². The number of aryl methyl sites for hydroxylation is 1. The Morgan fingerprint density at radius 2 is 1.89 bits per heavy atom. The number of anilines is 2. The lowest BCUT2D eigenvalue weighted by Crippen LogP contribution is -2.70. The number of nitrogens with one attached hydrogen (secondary N) is 3. The van der Waals surface area contributed by atoms with E-state index >= 15 is 0 Å². The first kappa shape index (κ1) is 26.4. The van der Waals surface area contributed by atoms with Crippen LogP contribution in [0.15, 0.2) is 54.6 Å². The number of ether oxygens (including phenoxy) is 2. The number of benzene rings is 2. The van der Waals surface area contributed by atoms with Crippen molar-refractivity contribution in [2.75, 3.05) is 50.9 Å². The molecule has 0 bridgehead atoms. The second-order valence-electron chi connectivity index (χ2n) is 8.15. The molecule has 0 aliphatic carbocycles. The molecule has 36 heavy (non-hydrogen) atoms. The van der Waals surface area contributed by atoms with Gasteiger partial charge in [-0.05, 0) is 42.8 Å². The van der Waals surface area contributed by atoms with Crippen molar-refractivity contribution in [2.45, 2.75) is 6.92 Å². The number of hydrogen-bond acceptors (Lipinski definition) is 5. The first-order chi connectivity index (χ1) is 17.4. The number of rotatable bonds is 7. The first-order valence-electron chi connectivity index (χ1n) is 11.4. The van der Waals surface area contributed by atoms with E-state index in [9.17, 15) is 9.36 Å². The van der Waals surface area contributed by atoms with Crippen LogP contribution in [0.3, 0.4) is 0 Å². The third-order valence-corrected chi connectivity index (χ3v) is 10.2. The Bertz CT molecular complexity index is 1310. The molecular weight excluding hydrogens is 519 g/mol. The maximum Gasteiger partial charge on any atom is 0.348 e. The number of carbonyl (C=O) groups excluding carboxylic acids is 1. The minimum absolute atomic E-state index is 0.343. The highest BCUT2D eigenvalue weighted by Gasteiger charge is 2.40. The summed E-state index contributed by atoms with van der Waals surface area (Å²) >= 11 is 7.57. The number of methoxy groups -OCH3 is 1.